The molecule has 16 heavy (non-hydrogen) atoms. The van der Waals surface area contributed by atoms with Crippen molar-refractivity contribution in [3.63, 3.8) is 0 Å². The van der Waals surface area contributed by atoms with Gasteiger partial charge in [0.25, 0.3) is 0 Å². The second-order valence-corrected chi connectivity index (χ2v) is 6.07. The Labute approximate surface area is 111 Å². The molecule has 1 heterocycles. The molecule has 1 aromatic carbocycles. The van der Waals surface area contributed by atoms with E-state index in [-0.39, 0.29) is 0 Å². The number of hydrogen-bond donors (Lipinski definition) is 1. The molecule has 1 saturated heterocycles. The van der Waals surface area contributed by atoms with E-state index < -0.39 is 0 Å². The Kier molecular flexibility index (Phi) is 4.83. The quantitative estimate of drug-likeness (QED) is 0.896. The number of thioether (sulfide) groups is 1. The van der Waals surface area contributed by atoms with Crippen molar-refractivity contribution >= 4 is 35.0 Å². The van der Waals surface area contributed by atoms with Gasteiger partial charge in [0.1, 0.15) is 0 Å². The zero-order valence-electron chi connectivity index (χ0n) is 9.01. The molecule has 0 amide bonds. The second-order valence-electron chi connectivity index (χ2n) is 4.00. The van der Waals surface area contributed by atoms with E-state index in [0.717, 1.165) is 17.1 Å². The Morgan fingerprint density at radius 3 is 2.69 bits per heavy atom. The number of rotatable bonds is 3. The third kappa shape index (κ3) is 3.56. The number of hydrogen-bond acceptors (Lipinski definition) is 2. The van der Waals surface area contributed by atoms with Crippen LogP contribution in [-0.4, -0.2) is 17.5 Å². The van der Waals surface area contributed by atoms with Gasteiger partial charge >= 0.3 is 0 Å². The van der Waals surface area contributed by atoms with Crippen molar-refractivity contribution in [2.75, 3.05) is 11.5 Å². The van der Waals surface area contributed by atoms with Gasteiger partial charge in [-0.1, -0.05) is 29.3 Å². The molecular formula is C12H15Cl2NS. The Morgan fingerprint density at radius 1 is 1.25 bits per heavy atom. The van der Waals surface area contributed by atoms with Crippen LogP contribution in [0.2, 0.25) is 10.0 Å². The van der Waals surface area contributed by atoms with Crippen molar-refractivity contribution in [1.82, 2.24) is 5.32 Å². The highest BCUT2D eigenvalue weighted by atomic mass is 35.5. The monoisotopic (exact) mass is 275 g/mol. The predicted octanol–water partition coefficient (Wildman–Crippen LogP) is 3.98. The van der Waals surface area contributed by atoms with Crippen LogP contribution in [0.25, 0.3) is 0 Å². The largest absolute Gasteiger partial charge is 0.310 e. The molecule has 88 valence electrons. The van der Waals surface area contributed by atoms with Crippen molar-refractivity contribution in [1.29, 1.82) is 0 Å². The molecule has 1 aliphatic rings. The fraction of sp³-hybridized carbons (Fsp3) is 0.500. The van der Waals surface area contributed by atoms with E-state index in [1.807, 2.05) is 23.9 Å². The van der Waals surface area contributed by atoms with E-state index >= 15 is 0 Å². The zero-order valence-corrected chi connectivity index (χ0v) is 11.3. The maximum absolute atomic E-state index is 6.12. The first-order valence-corrected chi connectivity index (χ1v) is 7.42. The molecule has 1 N–H and O–H groups in total. The average Bonchev–Trinajstić information content (AvgIpc) is 2.29. The lowest BCUT2D eigenvalue weighted by atomic mass is 10.1. The number of nitrogens with one attached hydrogen (secondary N) is 1. The van der Waals surface area contributed by atoms with Gasteiger partial charge in [-0.3, -0.25) is 0 Å². The third-order valence-electron chi connectivity index (χ3n) is 2.82. The van der Waals surface area contributed by atoms with Gasteiger partial charge in [-0.2, -0.15) is 11.8 Å². The van der Waals surface area contributed by atoms with Crippen LogP contribution in [-0.2, 0) is 6.54 Å². The first-order chi connectivity index (χ1) is 7.75. The lowest BCUT2D eigenvalue weighted by molar-refractivity contribution is 0.482. The normalized spacial score (nSPS) is 17.6. The van der Waals surface area contributed by atoms with Gasteiger partial charge in [-0.05, 0) is 42.0 Å². The Bertz CT molecular complexity index is 351. The van der Waals surface area contributed by atoms with Gasteiger partial charge in [0, 0.05) is 22.6 Å². The van der Waals surface area contributed by atoms with E-state index in [4.69, 9.17) is 23.2 Å². The van der Waals surface area contributed by atoms with Crippen LogP contribution in [0.1, 0.15) is 18.4 Å². The third-order valence-corrected chi connectivity index (χ3v) is 4.45. The van der Waals surface area contributed by atoms with E-state index in [1.54, 1.807) is 6.07 Å². The Hall–Kier alpha value is 0.110. The standard InChI is InChI=1S/C12H15Cl2NS/c13-10-2-1-9(12(14)7-10)8-15-11-3-5-16-6-4-11/h1-2,7,11,15H,3-6,8H2. The average molecular weight is 276 g/mol. The van der Waals surface area contributed by atoms with Gasteiger partial charge in [0.15, 0.2) is 0 Å². The molecule has 4 heteroatoms. The fourth-order valence-electron chi connectivity index (χ4n) is 1.82. The van der Waals surface area contributed by atoms with Gasteiger partial charge < -0.3 is 5.32 Å². The van der Waals surface area contributed by atoms with E-state index in [0.29, 0.717) is 11.1 Å². The first kappa shape index (κ1) is 12.6. The van der Waals surface area contributed by atoms with Crippen LogP contribution in [0.3, 0.4) is 0 Å². The molecule has 1 aromatic rings. The maximum Gasteiger partial charge on any atom is 0.0465 e. The topological polar surface area (TPSA) is 12.0 Å². The molecule has 2 rings (SSSR count). The summed E-state index contributed by atoms with van der Waals surface area (Å²) in [4.78, 5) is 0. The minimum absolute atomic E-state index is 0.646. The minimum Gasteiger partial charge on any atom is -0.310 e. The molecule has 0 radical (unpaired) electrons. The summed E-state index contributed by atoms with van der Waals surface area (Å²) in [5, 5.41) is 5.01. The second kappa shape index (κ2) is 6.15. The van der Waals surface area contributed by atoms with Crippen molar-refractivity contribution in [3.05, 3.63) is 33.8 Å². The minimum atomic E-state index is 0.646. The zero-order chi connectivity index (χ0) is 11.4. The molecule has 0 aromatic heterocycles. The van der Waals surface area contributed by atoms with Gasteiger partial charge in [-0.15, -0.1) is 0 Å². The van der Waals surface area contributed by atoms with Crippen LogP contribution >= 0.6 is 35.0 Å². The summed E-state index contributed by atoms with van der Waals surface area (Å²) >= 11 is 14.0. The molecule has 1 fully saturated rings. The highest BCUT2D eigenvalue weighted by Gasteiger charge is 2.13. The number of benzene rings is 1. The molecule has 0 aliphatic carbocycles. The van der Waals surface area contributed by atoms with Crippen molar-refractivity contribution in [2.45, 2.75) is 25.4 Å². The summed E-state index contributed by atoms with van der Waals surface area (Å²) in [5.74, 6) is 2.54. The van der Waals surface area contributed by atoms with Crippen LogP contribution in [0.15, 0.2) is 18.2 Å². The van der Waals surface area contributed by atoms with Crippen LogP contribution in [0.4, 0.5) is 0 Å². The molecule has 0 unspecified atom stereocenters. The summed E-state index contributed by atoms with van der Waals surface area (Å²) in [5.41, 5.74) is 1.13. The summed E-state index contributed by atoms with van der Waals surface area (Å²) in [6.07, 6.45) is 2.52. The van der Waals surface area contributed by atoms with E-state index in [9.17, 15) is 0 Å². The fourth-order valence-corrected chi connectivity index (χ4v) is 3.40. The van der Waals surface area contributed by atoms with Gasteiger partial charge in [0.2, 0.25) is 0 Å². The molecule has 0 atom stereocenters. The van der Waals surface area contributed by atoms with E-state index in [2.05, 4.69) is 5.32 Å². The highest BCUT2D eigenvalue weighted by molar-refractivity contribution is 7.99. The Morgan fingerprint density at radius 2 is 2.00 bits per heavy atom. The smallest absolute Gasteiger partial charge is 0.0465 e. The summed E-state index contributed by atoms with van der Waals surface area (Å²) < 4.78 is 0. The van der Waals surface area contributed by atoms with Gasteiger partial charge in [-0.25, -0.2) is 0 Å². The highest BCUT2D eigenvalue weighted by Crippen LogP contribution is 2.22. The number of halogens is 2. The maximum atomic E-state index is 6.12. The summed E-state index contributed by atoms with van der Waals surface area (Å²) in [6, 6.07) is 6.33. The summed E-state index contributed by atoms with van der Waals surface area (Å²) in [6.45, 7) is 0.839. The molecule has 1 nitrogen and oxygen atoms in total. The van der Waals surface area contributed by atoms with Crippen molar-refractivity contribution in [3.8, 4) is 0 Å². The lowest BCUT2D eigenvalue weighted by Gasteiger charge is -2.22. The SMILES string of the molecule is Clc1ccc(CNC2CCSCC2)c(Cl)c1. The molecule has 0 spiro atoms. The van der Waals surface area contributed by atoms with Crippen LogP contribution < -0.4 is 5.32 Å². The molecule has 1 aliphatic heterocycles. The first-order valence-electron chi connectivity index (χ1n) is 5.51. The van der Waals surface area contributed by atoms with Crippen molar-refractivity contribution in [2.24, 2.45) is 0 Å². The van der Waals surface area contributed by atoms with Crippen LogP contribution in [0.5, 0.6) is 0 Å². The molecule has 0 saturated carbocycles. The Balaban J connectivity index is 1.88. The molecule has 0 bridgehead atoms. The summed E-state index contributed by atoms with van der Waals surface area (Å²) in [7, 11) is 0. The molecular weight excluding hydrogens is 261 g/mol. The van der Waals surface area contributed by atoms with Crippen molar-refractivity contribution < 1.29 is 0 Å². The van der Waals surface area contributed by atoms with Gasteiger partial charge in [0.05, 0.1) is 0 Å². The lowest BCUT2D eigenvalue weighted by Crippen LogP contribution is -2.32. The van der Waals surface area contributed by atoms with E-state index in [1.165, 1.54) is 24.3 Å². The van der Waals surface area contributed by atoms with Crippen LogP contribution in [0, 0.1) is 0 Å². The predicted molar refractivity (Wildman–Crippen MR) is 73.6 cm³/mol.